The minimum absolute atomic E-state index is 0.0348. The Balaban J connectivity index is 1.72. The fourth-order valence-electron chi connectivity index (χ4n) is 2.92. The molecule has 2 heterocycles. The van der Waals surface area contributed by atoms with Crippen molar-refractivity contribution in [1.29, 1.82) is 5.26 Å². The summed E-state index contributed by atoms with van der Waals surface area (Å²) in [6, 6.07) is 11.4. The second-order valence-corrected chi connectivity index (χ2v) is 9.13. The molecule has 4 aromatic rings. The summed E-state index contributed by atoms with van der Waals surface area (Å²) in [7, 11) is -4.06. The molecule has 0 aliphatic rings. The molecule has 0 spiro atoms. The molecular weight excluding hydrogens is 491 g/mol. The summed E-state index contributed by atoms with van der Waals surface area (Å²) in [5, 5.41) is 9.60. The van der Waals surface area contributed by atoms with Crippen LogP contribution in [0.5, 0.6) is 11.5 Å². The number of alkyl halides is 3. The normalized spacial score (nSPS) is 11.6. The first-order chi connectivity index (χ1) is 16.2. The highest BCUT2D eigenvalue weighted by molar-refractivity contribution is 7.93. The summed E-state index contributed by atoms with van der Waals surface area (Å²) in [5.41, 5.74) is -0.483. The van der Waals surface area contributed by atoms with Gasteiger partial charge < -0.3 is 4.74 Å². The molecule has 0 fully saturated rings. The van der Waals surface area contributed by atoms with Crippen molar-refractivity contribution in [2.75, 3.05) is 4.72 Å². The van der Waals surface area contributed by atoms with Crippen LogP contribution in [0.1, 0.15) is 11.1 Å². The molecule has 1 N–H and O–H groups in total. The lowest BCUT2D eigenvalue weighted by atomic mass is 10.0. The molecular formula is C21H12F3N5O3S2. The first kappa shape index (κ1) is 23.1. The van der Waals surface area contributed by atoms with E-state index in [1.165, 1.54) is 43.0 Å². The molecule has 0 unspecified atom stereocenters. The van der Waals surface area contributed by atoms with E-state index in [0.717, 1.165) is 35.8 Å². The van der Waals surface area contributed by atoms with Gasteiger partial charge in [0.25, 0.3) is 10.0 Å². The Morgan fingerprint density at radius 1 is 1.03 bits per heavy atom. The molecule has 0 atom stereocenters. The molecule has 0 saturated heterocycles. The highest BCUT2D eigenvalue weighted by atomic mass is 32.2. The monoisotopic (exact) mass is 503 g/mol. The van der Waals surface area contributed by atoms with E-state index in [-0.39, 0.29) is 32.7 Å². The van der Waals surface area contributed by atoms with Crippen LogP contribution in [0.25, 0.3) is 11.1 Å². The van der Waals surface area contributed by atoms with E-state index in [1.54, 1.807) is 0 Å². The molecule has 4 rings (SSSR count). The Bertz CT molecular complexity index is 1470. The topological polar surface area (TPSA) is 118 Å². The average molecular weight is 503 g/mol. The maximum Gasteiger partial charge on any atom is 0.416 e. The van der Waals surface area contributed by atoms with Crippen LogP contribution in [-0.4, -0.2) is 22.8 Å². The van der Waals surface area contributed by atoms with Crippen molar-refractivity contribution in [3.05, 3.63) is 78.4 Å². The number of hydrogen-bond acceptors (Lipinski definition) is 8. The zero-order valence-corrected chi connectivity index (χ0v) is 18.4. The number of anilines is 1. The summed E-state index contributed by atoms with van der Waals surface area (Å²) < 4.78 is 76.7. The first-order valence-electron chi connectivity index (χ1n) is 9.30. The van der Waals surface area contributed by atoms with E-state index in [2.05, 4.69) is 19.1 Å². The number of hydrogen-bond donors (Lipinski definition) is 1. The summed E-state index contributed by atoms with van der Waals surface area (Å²) >= 11 is 0.836. The minimum atomic E-state index is -4.58. The lowest BCUT2D eigenvalue weighted by Gasteiger charge is -2.16. The summed E-state index contributed by atoms with van der Waals surface area (Å²) in [4.78, 5) is 7.39. The number of ether oxygens (including phenoxy) is 1. The molecule has 0 amide bonds. The predicted molar refractivity (Wildman–Crippen MR) is 117 cm³/mol. The van der Waals surface area contributed by atoms with Crippen LogP contribution in [0.3, 0.4) is 0 Å². The van der Waals surface area contributed by atoms with Crippen LogP contribution >= 0.6 is 11.5 Å². The maximum absolute atomic E-state index is 13.3. The van der Waals surface area contributed by atoms with Gasteiger partial charge in [0, 0.05) is 29.5 Å². The number of halogens is 3. The van der Waals surface area contributed by atoms with Crippen molar-refractivity contribution in [2.24, 2.45) is 0 Å². The lowest BCUT2D eigenvalue weighted by Crippen LogP contribution is -2.13. The molecule has 2 aromatic carbocycles. The number of nitriles is 1. The summed E-state index contributed by atoms with van der Waals surface area (Å²) in [6.45, 7) is 0. The van der Waals surface area contributed by atoms with E-state index in [0.29, 0.717) is 5.56 Å². The number of rotatable bonds is 6. The Morgan fingerprint density at radius 3 is 2.41 bits per heavy atom. The first-order valence-corrected chi connectivity index (χ1v) is 11.6. The summed E-state index contributed by atoms with van der Waals surface area (Å²) in [6.07, 6.45) is -0.548. The van der Waals surface area contributed by atoms with Crippen molar-refractivity contribution in [3.8, 4) is 28.7 Å². The van der Waals surface area contributed by atoms with E-state index in [9.17, 15) is 26.9 Å². The zero-order chi connectivity index (χ0) is 24.3. The van der Waals surface area contributed by atoms with Crippen LogP contribution in [0.15, 0.2) is 72.1 Å². The van der Waals surface area contributed by atoms with Crippen molar-refractivity contribution in [2.45, 2.75) is 11.1 Å². The Morgan fingerprint density at radius 2 is 1.76 bits per heavy atom. The van der Waals surface area contributed by atoms with Crippen molar-refractivity contribution in [3.63, 3.8) is 0 Å². The third kappa shape index (κ3) is 4.98. The number of nitrogens with one attached hydrogen (secondary N) is 1. The molecule has 34 heavy (non-hydrogen) atoms. The van der Waals surface area contributed by atoms with Gasteiger partial charge in [0.05, 0.1) is 16.0 Å². The van der Waals surface area contributed by atoms with Crippen molar-refractivity contribution < 1.29 is 26.3 Å². The van der Waals surface area contributed by atoms with Crippen LogP contribution < -0.4 is 9.46 Å². The van der Waals surface area contributed by atoms with Crippen LogP contribution in [0, 0.1) is 11.3 Å². The van der Waals surface area contributed by atoms with Gasteiger partial charge in [0.15, 0.2) is 0 Å². The Kier molecular flexibility index (Phi) is 6.18. The van der Waals surface area contributed by atoms with E-state index in [1.807, 2.05) is 6.07 Å². The zero-order valence-electron chi connectivity index (χ0n) is 16.8. The molecule has 13 heteroatoms. The second-order valence-electron chi connectivity index (χ2n) is 6.67. The van der Waals surface area contributed by atoms with Crippen molar-refractivity contribution in [1.82, 2.24) is 14.3 Å². The maximum atomic E-state index is 13.3. The number of pyridine rings is 1. The van der Waals surface area contributed by atoms with Gasteiger partial charge in [0.1, 0.15) is 23.9 Å². The average Bonchev–Trinajstić information content (AvgIpc) is 3.31. The predicted octanol–water partition coefficient (Wildman–Crippen LogP) is 5.08. The van der Waals surface area contributed by atoms with Gasteiger partial charge in [-0.15, -0.1) is 0 Å². The van der Waals surface area contributed by atoms with Crippen LogP contribution in [0.2, 0.25) is 0 Å². The number of sulfonamides is 1. The number of nitrogens with zero attached hydrogens (tertiary/aromatic N) is 4. The van der Waals surface area contributed by atoms with Crippen LogP contribution in [0.4, 0.5) is 18.3 Å². The highest BCUT2D eigenvalue weighted by Gasteiger charge is 2.31. The Hall–Kier alpha value is -4.02. The minimum Gasteiger partial charge on any atom is -0.455 e. The quantitative estimate of drug-likeness (QED) is 0.390. The molecule has 0 radical (unpaired) electrons. The molecule has 8 nitrogen and oxygen atoms in total. The summed E-state index contributed by atoms with van der Waals surface area (Å²) in [5.74, 6) is 0.00530. The van der Waals surface area contributed by atoms with Gasteiger partial charge in [-0.05, 0) is 54.1 Å². The number of aromatic nitrogens is 3. The number of benzene rings is 2. The standard InChI is InChI=1S/C21H12F3N5O3S2/c22-21(23,24)15-1-3-19(17(10-15)13-5-7-26-8-6-13)32-18-4-2-16(9-14(18)11-25)34(30,31)29-20-27-12-28-33-20/h1-10,12H,(H,27,28,29). The molecule has 0 aliphatic heterocycles. The van der Waals surface area contributed by atoms with Gasteiger partial charge >= 0.3 is 6.18 Å². The lowest BCUT2D eigenvalue weighted by molar-refractivity contribution is -0.137. The highest BCUT2D eigenvalue weighted by Crippen LogP contribution is 2.39. The van der Waals surface area contributed by atoms with E-state index in [4.69, 9.17) is 4.74 Å². The SMILES string of the molecule is N#Cc1cc(S(=O)(=O)Nc2ncns2)ccc1Oc1ccc(C(F)(F)F)cc1-c1ccncc1. The third-order valence-electron chi connectivity index (χ3n) is 4.48. The van der Waals surface area contributed by atoms with Gasteiger partial charge in [0.2, 0.25) is 5.13 Å². The molecule has 2 aromatic heterocycles. The fraction of sp³-hybridized carbons (Fsp3) is 0.0476. The van der Waals surface area contributed by atoms with Gasteiger partial charge in [-0.1, -0.05) is 0 Å². The van der Waals surface area contributed by atoms with Crippen LogP contribution in [-0.2, 0) is 16.2 Å². The molecule has 0 saturated carbocycles. The second kappa shape index (κ2) is 9.08. The van der Waals surface area contributed by atoms with E-state index >= 15 is 0 Å². The largest absolute Gasteiger partial charge is 0.455 e. The Labute approximate surface area is 195 Å². The van der Waals surface area contributed by atoms with Gasteiger partial charge in [-0.3, -0.25) is 9.71 Å². The molecule has 0 bridgehead atoms. The van der Waals surface area contributed by atoms with E-state index < -0.39 is 21.8 Å². The third-order valence-corrected chi connectivity index (χ3v) is 6.53. The van der Waals surface area contributed by atoms with Crippen molar-refractivity contribution >= 4 is 26.7 Å². The fourth-order valence-corrected chi connectivity index (χ4v) is 4.60. The molecule has 172 valence electrons. The van der Waals surface area contributed by atoms with Gasteiger partial charge in [-0.25, -0.2) is 13.4 Å². The smallest absolute Gasteiger partial charge is 0.416 e. The van der Waals surface area contributed by atoms with Gasteiger partial charge in [-0.2, -0.15) is 22.8 Å². The molecule has 0 aliphatic carbocycles.